The molecule has 0 aromatic heterocycles. The molecule has 2 rings (SSSR count). The van der Waals surface area contributed by atoms with Gasteiger partial charge >= 0.3 is 0 Å². The summed E-state index contributed by atoms with van der Waals surface area (Å²) in [5.74, 6) is -0.0158. The summed E-state index contributed by atoms with van der Waals surface area (Å²) in [6.45, 7) is 2.55. The van der Waals surface area contributed by atoms with Crippen LogP contribution in [0, 0.1) is 11.3 Å². The van der Waals surface area contributed by atoms with Crippen molar-refractivity contribution in [1.82, 2.24) is 4.90 Å². The number of nitrogens with zero attached hydrogens (tertiary/aromatic N) is 3. The molecule has 0 unspecified atom stereocenters. The number of hydrazone groups is 1. The van der Waals surface area contributed by atoms with E-state index in [1.54, 1.807) is 23.1 Å². The lowest BCUT2D eigenvalue weighted by Gasteiger charge is -2.37. The summed E-state index contributed by atoms with van der Waals surface area (Å²) in [7, 11) is 0. The van der Waals surface area contributed by atoms with Crippen molar-refractivity contribution in [3.05, 3.63) is 29.8 Å². The number of likely N-dealkylation sites (tertiary alicyclic amines) is 1. The minimum Gasteiger partial charge on any atom is -0.411 e. The number of amides is 1. The second kappa shape index (κ2) is 8.07. The van der Waals surface area contributed by atoms with Crippen LogP contribution in [0.2, 0.25) is 0 Å². The molecule has 1 aromatic rings. The van der Waals surface area contributed by atoms with Crippen molar-refractivity contribution in [3.8, 4) is 0 Å². The van der Waals surface area contributed by atoms with E-state index in [-0.39, 0.29) is 17.9 Å². The summed E-state index contributed by atoms with van der Waals surface area (Å²) in [5.41, 5.74) is 3.92. The lowest BCUT2D eigenvalue weighted by molar-refractivity contribution is 0.0605. The van der Waals surface area contributed by atoms with Gasteiger partial charge in [-0.05, 0) is 31.9 Å². The smallest absolute Gasteiger partial charge is 0.256 e. The maximum absolute atomic E-state index is 12.9. The minimum atomic E-state index is -0.0818. The maximum Gasteiger partial charge on any atom is 0.256 e. The highest BCUT2D eigenvalue weighted by molar-refractivity contribution is 6.14. The first-order valence-corrected chi connectivity index (χ1v) is 7.53. The van der Waals surface area contributed by atoms with Crippen LogP contribution in [0.25, 0.3) is 0 Å². The Morgan fingerprint density at radius 3 is 2.96 bits per heavy atom. The van der Waals surface area contributed by atoms with Gasteiger partial charge in [-0.25, -0.2) is 0 Å². The lowest BCUT2D eigenvalue weighted by Crippen LogP contribution is -2.46. The predicted molar refractivity (Wildman–Crippen MR) is 90.8 cm³/mol. The van der Waals surface area contributed by atoms with Gasteiger partial charge in [-0.3, -0.25) is 10.2 Å². The third-order valence-corrected chi connectivity index (χ3v) is 3.95. The molecule has 1 saturated heterocycles. The highest BCUT2D eigenvalue weighted by Gasteiger charge is 2.30. The van der Waals surface area contributed by atoms with Gasteiger partial charge in [0.2, 0.25) is 0 Å². The zero-order valence-corrected chi connectivity index (χ0v) is 13.0. The Bertz CT molecular complexity index is 614. The average Bonchev–Trinajstić information content (AvgIpc) is 2.57. The summed E-state index contributed by atoms with van der Waals surface area (Å²) in [6.07, 6.45) is 5.62. The average molecular weight is 315 g/mol. The van der Waals surface area contributed by atoms with Gasteiger partial charge in [0.05, 0.1) is 17.5 Å². The first-order chi connectivity index (χ1) is 11.2. The monoisotopic (exact) mass is 315 g/mol. The Hall–Kier alpha value is -2.70. The molecule has 0 bridgehead atoms. The molecule has 7 heteroatoms. The zero-order chi connectivity index (χ0) is 16.7. The molecule has 0 saturated carbocycles. The Morgan fingerprint density at radius 2 is 2.22 bits per heavy atom. The van der Waals surface area contributed by atoms with Crippen molar-refractivity contribution in [2.24, 2.45) is 16.2 Å². The van der Waals surface area contributed by atoms with Crippen molar-refractivity contribution in [2.75, 3.05) is 12.0 Å². The molecule has 0 spiro atoms. The number of para-hydroxylation sites is 1. The second-order valence-electron chi connectivity index (χ2n) is 5.51. The van der Waals surface area contributed by atoms with E-state index in [1.807, 2.05) is 13.0 Å². The molecule has 23 heavy (non-hydrogen) atoms. The third-order valence-electron chi connectivity index (χ3n) is 3.95. The Morgan fingerprint density at radius 1 is 1.43 bits per heavy atom. The van der Waals surface area contributed by atoms with Gasteiger partial charge in [0, 0.05) is 30.9 Å². The summed E-state index contributed by atoms with van der Waals surface area (Å²) in [4.78, 5) is 14.7. The lowest BCUT2D eigenvalue weighted by atomic mass is 9.93. The summed E-state index contributed by atoms with van der Waals surface area (Å²) in [5, 5.41) is 22.6. The highest BCUT2D eigenvalue weighted by atomic mass is 16.4. The molecule has 1 amide bonds. The van der Waals surface area contributed by atoms with Crippen LogP contribution in [0.5, 0.6) is 0 Å². The van der Waals surface area contributed by atoms with E-state index in [2.05, 4.69) is 15.7 Å². The molecule has 3 N–H and O–H groups in total. The van der Waals surface area contributed by atoms with Gasteiger partial charge in [0.25, 0.3) is 5.91 Å². The number of oxime groups is 1. The summed E-state index contributed by atoms with van der Waals surface area (Å²) in [6, 6.07) is 7.28. The van der Waals surface area contributed by atoms with E-state index in [9.17, 15) is 4.79 Å². The molecule has 1 aliphatic heterocycles. The molecular weight excluding hydrogens is 294 g/mol. The maximum atomic E-state index is 12.9. The molecule has 7 nitrogen and oxygen atoms in total. The van der Waals surface area contributed by atoms with Crippen LogP contribution in [-0.4, -0.2) is 47.2 Å². The highest BCUT2D eigenvalue weighted by Crippen LogP contribution is 2.25. The summed E-state index contributed by atoms with van der Waals surface area (Å²) < 4.78 is 0. The second-order valence-corrected chi connectivity index (χ2v) is 5.51. The molecule has 122 valence electrons. The van der Waals surface area contributed by atoms with Gasteiger partial charge in [-0.2, -0.15) is 5.10 Å². The van der Waals surface area contributed by atoms with Crippen molar-refractivity contribution >= 4 is 30.2 Å². The van der Waals surface area contributed by atoms with Gasteiger partial charge < -0.3 is 15.5 Å². The Labute approximate surface area is 135 Å². The zero-order valence-electron chi connectivity index (χ0n) is 13.0. The van der Waals surface area contributed by atoms with Crippen LogP contribution in [0.1, 0.15) is 30.1 Å². The molecule has 1 aromatic carbocycles. The Kier molecular flexibility index (Phi) is 5.85. The third kappa shape index (κ3) is 4.15. The largest absolute Gasteiger partial charge is 0.411 e. The van der Waals surface area contributed by atoms with Crippen molar-refractivity contribution in [3.63, 3.8) is 0 Å². The standard InChI is InChI=1S/C16H21N5O2/c1-12-6-7-13(10-19-23)11-21(12)16(22)14-4-2-3-5-15(14)20-18-9-8-17/h2-5,8-10,12-13,17,20,23H,6-7,11H2,1H3/b17-8?,18-9-,19-10+/t12-,13+/m1/s1. The van der Waals surface area contributed by atoms with E-state index in [4.69, 9.17) is 10.6 Å². The van der Waals surface area contributed by atoms with E-state index in [0.717, 1.165) is 19.1 Å². The molecule has 0 aliphatic carbocycles. The van der Waals surface area contributed by atoms with Gasteiger partial charge in [0.15, 0.2) is 0 Å². The molecule has 1 heterocycles. The minimum absolute atomic E-state index is 0.0659. The number of hydrogen-bond acceptors (Lipinski definition) is 6. The molecule has 1 fully saturated rings. The molecule has 1 aliphatic rings. The molecule has 0 radical (unpaired) electrons. The number of carbonyl (C=O) groups excluding carboxylic acids is 1. The number of carbonyl (C=O) groups is 1. The van der Waals surface area contributed by atoms with E-state index < -0.39 is 0 Å². The van der Waals surface area contributed by atoms with Crippen LogP contribution in [-0.2, 0) is 0 Å². The number of rotatable bonds is 5. The number of piperidine rings is 1. The van der Waals surface area contributed by atoms with Crippen molar-refractivity contribution in [1.29, 1.82) is 5.41 Å². The normalized spacial score (nSPS) is 21.7. The number of nitrogens with one attached hydrogen (secondary N) is 2. The van der Waals surface area contributed by atoms with Crippen LogP contribution >= 0.6 is 0 Å². The van der Waals surface area contributed by atoms with Crippen LogP contribution in [0.15, 0.2) is 34.5 Å². The first-order valence-electron chi connectivity index (χ1n) is 7.53. The van der Waals surface area contributed by atoms with Gasteiger partial charge in [-0.15, -0.1) is 5.16 Å². The first kappa shape index (κ1) is 16.7. The van der Waals surface area contributed by atoms with E-state index >= 15 is 0 Å². The fourth-order valence-electron chi connectivity index (χ4n) is 2.70. The van der Waals surface area contributed by atoms with E-state index in [1.165, 1.54) is 12.4 Å². The number of benzene rings is 1. The van der Waals surface area contributed by atoms with Crippen LogP contribution in [0.4, 0.5) is 5.69 Å². The fourth-order valence-corrected chi connectivity index (χ4v) is 2.70. The van der Waals surface area contributed by atoms with Crippen LogP contribution in [0.3, 0.4) is 0 Å². The number of anilines is 1. The van der Waals surface area contributed by atoms with Crippen LogP contribution < -0.4 is 5.43 Å². The predicted octanol–water partition coefficient (Wildman–Crippen LogP) is 2.43. The van der Waals surface area contributed by atoms with Gasteiger partial charge in [0.1, 0.15) is 0 Å². The van der Waals surface area contributed by atoms with E-state index in [0.29, 0.717) is 17.8 Å². The van der Waals surface area contributed by atoms with Gasteiger partial charge in [-0.1, -0.05) is 12.1 Å². The quantitative estimate of drug-likeness (QED) is 0.442. The van der Waals surface area contributed by atoms with Crippen molar-refractivity contribution in [2.45, 2.75) is 25.8 Å². The SMILES string of the molecule is C[C@@H]1CC[C@@H](/C=N/O)CN1C(=O)c1ccccc1N/N=C\C=N. The topological polar surface area (TPSA) is 101 Å². The van der Waals surface area contributed by atoms with Crippen molar-refractivity contribution < 1.29 is 10.0 Å². The number of hydrogen-bond donors (Lipinski definition) is 3. The molecule has 2 atom stereocenters. The Balaban J connectivity index is 2.21. The fraction of sp³-hybridized carbons (Fsp3) is 0.375. The summed E-state index contributed by atoms with van der Waals surface area (Å²) >= 11 is 0. The molecular formula is C16H21N5O2.